The normalized spacial score (nSPS) is 15.0. The molecule has 2 aromatic heterocycles. The number of carbonyl (C=O) groups excluding carboxylic acids is 1. The molecule has 3 aromatic rings. The number of hydrogen-bond acceptors (Lipinski definition) is 6. The molecule has 8 nitrogen and oxygen atoms in total. The van der Waals surface area contributed by atoms with Gasteiger partial charge in [-0.25, -0.2) is 9.97 Å². The highest BCUT2D eigenvalue weighted by atomic mass is 16.2. The van der Waals surface area contributed by atoms with Gasteiger partial charge in [0.2, 0.25) is 5.95 Å². The van der Waals surface area contributed by atoms with Gasteiger partial charge in [-0.15, -0.1) is 0 Å². The number of nitrogens with zero attached hydrogens (tertiary/aromatic N) is 5. The SMILES string of the molecule is CN(C(=O)c1ccc2nc(N(C)C3CCNCC3)ncc2c1)c1cn[nH]c1. The third-order valence-corrected chi connectivity index (χ3v) is 5.16. The second-order valence-electron chi connectivity index (χ2n) is 6.86. The van der Waals surface area contributed by atoms with Crippen molar-refractivity contribution < 1.29 is 4.79 Å². The Bertz CT molecular complexity index is 934. The van der Waals surface area contributed by atoms with Crippen LogP contribution in [0.15, 0.2) is 36.8 Å². The number of H-pyrrole nitrogens is 1. The number of hydrogen-bond donors (Lipinski definition) is 2. The van der Waals surface area contributed by atoms with Crippen molar-refractivity contribution in [1.29, 1.82) is 0 Å². The van der Waals surface area contributed by atoms with Gasteiger partial charge in [0.25, 0.3) is 5.91 Å². The van der Waals surface area contributed by atoms with E-state index in [2.05, 4.69) is 32.4 Å². The fraction of sp³-hybridized carbons (Fsp3) is 0.368. The maximum atomic E-state index is 12.7. The zero-order valence-corrected chi connectivity index (χ0v) is 15.5. The van der Waals surface area contributed by atoms with Gasteiger partial charge in [-0.2, -0.15) is 5.10 Å². The van der Waals surface area contributed by atoms with E-state index in [4.69, 9.17) is 4.98 Å². The van der Waals surface area contributed by atoms with E-state index < -0.39 is 0 Å². The third kappa shape index (κ3) is 3.48. The summed E-state index contributed by atoms with van der Waals surface area (Å²) in [5, 5.41) is 10.8. The summed E-state index contributed by atoms with van der Waals surface area (Å²) in [6.07, 6.45) is 7.27. The number of piperidine rings is 1. The van der Waals surface area contributed by atoms with Crippen LogP contribution in [0.3, 0.4) is 0 Å². The Hall–Kier alpha value is -3.00. The molecule has 4 rings (SSSR count). The zero-order chi connectivity index (χ0) is 18.8. The van der Waals surface area contributed by atoms with Gasteiger partial charge in [0.1, 0.15) is 0 Å². The molecule has 1 aliphatic heterocycles. The number of aromatic amines is 1. The first-order valence-electron chi connectivity index (χ1n) is 9.10. The molecule has 1 aromatic carbocycles. The van der Waals surface area contributed by atoms with E-state index in [0.29, 0.717) is 11.6 Å². The molecule has 1 amide bonds. The molecule has 140 valence electrons. The number of benzene rings is 1. The van der Waals surface area contributed by atoms with Crippen molar-refractivity contribution in [3.05, 3.63) is 42.4 Å². The standard InChI is InChI=1S/C19H23N7O/c1-25(16-11-22-23-12-16)18(27)13-3-4-17-14(9-13)10-21-19(24-17)26(2)15-5-7-20-8-6-15/h3-4,9-12,15,20H,5-8H2,1-2H3,(H,22,23). The van der Waals surface area contributed by atoms with E-state index in [1.165, 1.54) is 0 Å². The Balaban J connectivity index is 1.57. The molecule has 0 saturated carbocycles. The summed E-state index contributed by atoms with van der Waals surface area (Å²) in [4.78, 5) is 25.6. The van der Waals surface area contributed by atoms with Crippen LogP contribution in [0.1, 0.15) is 23.2 Å². The minimum atomic E-state index is -0.103. The lowest BCUT2D eigenvalue weighted by molar-refractivity contribution is 0.0993. The van der Waals surface area contributed by atoms with Crippen LogP contribution in [-0.4, -0.2) is 59.3 Å². The van der Waals surface area contributed by atoms with Gasteiger partial charge in [-0.05, 0) is 44.1 Å². The lowest BCUT2D eigenvalue weighted by Crippen LogP contribution is -2.41. The number of fused-ring (bicyclic) bond motifs is 1. The molecule has 2 N–H and O–H groups in total. The van der Waals surface area contributed by atoms with Gasteiger partial charge in [0.05, 0.1) is 17.4 Å². The fourth-order valence-corrected chi connectivity index (χ4v) is 3.42. The van der Waals surface area contributed by atoms with Crippen LogP contribution in [0.25, 0.3) is 10.9 Å². The lowest BCUT2D eigenvalue weighted by atomic mass is 10.1. The van der Waals surface area contributed by atoms with Gasteiger partial charge in [0, 0.05) is 43.5 Å². The molecule has 0 bridgehead atoms. The minimum absolute atomic E-state index is 0.103. The third-order valence-electron chi connectivity index (χ3n) is 5.16. The van der Waals surface area contributed by atoms with Crippen molar-refractivity contribution in [3.63, 3.8) is 0 Å². The van der Waals surface area contributed by atoms with E-state index in [0.717, 1.165) is 48.5 Å². The van der Waals surface area contributed by atoms with Crippen LogP contribution in [-0.2, 0) is 0 Å². The molecular weight excluding hydrogens is 342 g/mol. The van der Waals surface area contributed by atoms with E-state index in [-0.39, 0.29) is 5.91 Å². The smallest absolute Gasteiger partial charge is 0.258 e. The number of rotatable bonds is 4. The van der Waals surface area contributed by atoms with E-state index >= 15 is 0 Å². The molecule has 0 unspecified atom stereocenters. The number of nitrogens with one attached hydrogen (secondary N) is 2. The van der Waals surface area contributed by atoms with Gasteiger partial charge in [0.15, 0.2) is 0 Å². The summed E-state index contributed by atoms with van der Waals surface area (Å²) in [5.41, 5.74) is 2.15. The Labute approximate surface area is 157 Å². The van der Waals surface area contributed by atoms with E-state index in [9.17, 15) is 4.79 Å². The molecule has 1 aliphatic rings. The van der Waals surface area contributed by atoms with Crippen molar-refractivity contribution >= 4 is 28.4 Å². The predicted molar refractivity (Wildman–Crippen MR) is 105 cm³/mol. The quantitative estimate of drug-likeness (QED) is 0.733. The first-order chi connectivity index (χ1) is 13.1. The van der Waals surface area contributed by atoms with Crippen molar-refractivity contribution in [1.82, 2.24) is 25.5 Å². The molecule has 27 heavy (non-hydrogen) atoms. The summed E-state index contributed by atoms with van der Waals surface area (Å²) in [6, 6.07) is 5.98. The number of amides is 1. The average molecular weight is 365 g/mol. The second kappa shape index (κ2) is 7.32. The first kappa shape index (κ1) is 17.4. The fourth-order valence-electron chi connectivity index (χ4n) is 3.42. The molecule has 0 spiro atoms. The van der Waals surface area contributed by atoms with Crippen LogP contribution >= 0.6 is 0 Å². The maximum absolute atomic E-state index is 12.7. The highest BCUT2D eigenvalue weighted by molar-refractivity contribution is 6.07. The highest BCUT2D eigenvalue weighted by Gasteiger charge is 2.20. The van der Waals surface area contributed by atoms with Crippen molar-refractivity contribution in [3.8, 4) is 0 Å². The molecular formula is C19H23N7O. The van der Waals surface area contributed by atoms with Crippen LogP contribution in [0.2, 0.25) is 0 Å². The summed E-state index contributed by atoms with van der Waals surface area (Å²) in [5.74, 6) is 0.623. The zero-order valence-electron chi connectivity index (χ0n) is 15.5. The summed E-state index contributed by atoms with van der Waals surface area (Å²) in [7, 11) is 3.78. The predicted octanol–water partition coefficient (Wildman–Crippen LogP) is 1.82. The van der Waals surface area contributed by atoms with Gasteiger partial charge >= 0.3 is 0 Å². The number of aromatic nitrogens is 4. The van der Waals surface area contributed by atoms with E-state index in [1.807, 2.05) is 18.2 Å². The minimum Gasteiger partial charge on any atom is -0.341 e. The number of anilines is 2. The molecule has 3 heterocycles. The topological polar surface area (TPSA) is 90.0 Å². The molecule has 8 heteroatoms. The molecule has 0 atom stereocenters. The monoisotopic (exact) mass is 365 g/mol. The highest BCUT2D eigenvalue weighted by Crippen LogP contribution is 2.21. The van der Waals surface area contributed by atoms with Crippen LogP contribution in [0, 0.1) is 0 Å². The Morgan fingerprint density at radius 1 is 1.19 bits per heavy atom. The first-order valence-corrected chi connectivity index (χ1v) is 9.10. The summed E-state index contributed by atoms with van der Waals surface area (Å²) < 4.78 is 0. The number of carbonyl (C=O) groups is 1. The van der Waals surface area contributed by atoms with Crippen molar-refractivity contribution in [2.45, 2.75) is 18.9 Å². The van der Waals surface area contributed by atoms with Gasteiger partial charge in [-0.1, -0.05) is 0 Å². The molecule has 0 aliphatic carbocycles. The summed E-state index contributed by atoms with van der Waals surface area (Å²) >= 11 is 0. The van der Waals surface area contributed by atoms with E-state index in [1.54, 1.807) is 30.5 Å². The van der Waals surface area contributed by atoms with Crippen LogP contribution in [0.4, 0.5) is 11.6 Å². The van der Waals surface area contributed by atoms with Crippen LogP contribution in [0.5, 0.6) is 0 Å². The van der Waals surface area contributed by atoms with Gasteiger partial charge < -0.3 is 15.1 Å². The summed E-state index contributed by atoms with van der Waals surface area (Å²) in [6.45, 7) is 2.05. The average Bonchev–Trinajstić information content (AvgIpc) is 3.27. The van der Waals surface area contributed by atoms with Crippen molar-refractivity contribution in [2.24, 2.45) is 0 Å². The largest absolute Gasteiger partial charge is 0.341 e. The van der Waals surface area contributed by atoms with Crippen molar-refractivity contribution in [2.75, 3.05) is 37.0 Å². The molecule has 0 radical (unpaired) electrons. The molecule has 1 fully saturated rings. The Kier molecular flexibility index (Phi) is 4.72. The van der Waals surface area contributed by atoms with Gasteiger partial charge in [-0.3, -0.25) is 9.89 Å². The Morgan fingerprint density at radius 2 is 2.00 bits per heavy atom. The second-order valence-corrected chi connectivity index (χ2v) is 6.86. The Morgan fingerprint density at radius 3 is 2.74 bits per heavy atom. The van der Waals surface area contributed by atoms with Crippen LogP contribution < -0.4 is 15.1 Å². The maximum Gasteiger partial charge on any atom is 0.258 e. The lowest BCUT2D eigenvalue weighted by Gasteiger charge is -2.31. The molecule has 1 saturated heterocycles.